The number of nitrogens with one attached hydrogen (secondary N) is 2. The highest BCUT2D eigenvalue weighted by Gasteiger charge is 2.09. The molecule has 0 aliphatic carbocycles. The first-order valence-electron chi connectivity index (χ1n) is 8.01. The Morgan fingerprint density at radius 2 is 1.84 bits per heavy atom. The van der Waals surface area contributed by atoms with Gasteiger partial charge in [-0.3, -0.25) is 4.79 Å². The van der Waals surface area contributed by atoms with Gasteiger partial charge >= 0.3 is 0 Å². The predicted molar refractivity (Wildman–Crippen MR) is 103 cm³/mol. The number of amides is 1. The molecule has 0 fully saturated rings. The first-order chi connectivity index (χ1) is 12.0. The zero-order valence-electron chi connectivity index (χ0n) is 14.5. The normalized spacial score (nSPS) is 10.5. The van der Waals surface area contributed by atoms with Crippen molar-refractivity contribution in [1.82, 2.24) is 9.97 Å². The second-order valence-corrected chi connectivity index (χ2v) is 6.89. The molecule has 2 N–H and O–H groups in total. The van der Waals surface area contributed by atoms with Gasteiger partial charge in [-0.25, -0.2) is 9.97 Å². The Kier molecular flexibility index (Phi) is 5.09. The molecule has 2 aromatic heterocycles. The smallest absolute Gasteiger partial charge is 0.230 e. The summed E-state index contributed by atoms with van der Waals surface area (Å²) >= 11 is 1.46. The average molecular weight is 352 g/mol. The molecule has 0 saturated carbocycles. The molecule has 0 atom stereocenters. The Balaban J connectivity index is 1.61. The van der Waals surface area contributed by atoms with Crippen LogP contribution in [0, 0.1) is 20.8 Å². The maximum atomic E-state index is 12.2. The summed E-state index contributed by atoms with van der Waals surface area (Å²) in [5.41, 5.74) is 4.75. The quantitative estimate of drug-likeness (QED) is 0.715. The fourth-order valence-electron chi connectivity index (χ4n) is 2.58. The van der Waals surface area contributed by atoms with E-state index in [9.17, 15) is 4.79 Å². The maximum absolute atomic E-state index is 12.2. The van der Waals surface area contributed by atoms with Crippen LogP contribution in [0.3, 0.4) is 0 Å². The lowest BCUT2D eigenvalue weighted by Crippen LogP contribution is -2.14. The van der Waals surface area contributed by atoms with E-state index in [1.807, 2.05) is 56.5 Å². The van der Waals surface area contributed by atoms with E-state index >= 15 is 0 Å². The Labute approximate surface area is 151 Å². The molecule has 0 spiro atoms. The van der Waals surface area contributed by atoms with Gasteiger partial charge in [0.05, 0.1) is 12.1 Å². The molecule has 0 aliphatic heterocycles. The molecule has 1 aromatic carbocycles. The van der Waals surface area contributed by atoms with E-state index in [1.54, 1.807) is 0 Å². The van der Waals surface area contributed by atoms with Crippen molar-refractivity contribution in [2.45, 2.75) is 27.2 Å². The van der Waals surface area contributed by atoms with Gasteiger partial charge in [-0.05, 0) is 56.2 Å². The Morgan fingerprint density at radius 1 is 1.08 bits per heavy atom. The Bertz CT molecular complexity index is 884. The molecule has 0 bridgehead atoms. The fourth-order valence-corrected chi connectivity index (χ4v) is 3.30. The van der Waals surface area contributed by atoms with Crippen LogP contribution in [0.25, 0.3) is 0 Å². The third kappa shape index (κ3) is 4.87. The minimum atomic E-state index is -0.0736. The van der Waals surface area contributed by atoms with Crippen molar-refractivity contribution >= 4 is 33.9 Å². The third-order valence-electron chi connectivity index (χ3n) is 3.52. The van der Waals surface area contributed by atoms with E-state index in [4.69, 9.17) is 0 Å². The number of hydrogen-bond acceptors (Lipinski definition) is 5. The van der Waals surface area contributed by atoms with Gasteiger partial charge in [-0.2, -0.15) is 0 Å². The minimum absolute atomic E-state index is 0.0736. The molecule has 2 heterocycles. The van der Waals surface area contributed by atoms with Crippen LogP contribution in [0.2, 0.25) is 0 Å². The highest BCUT2D eigenvalue weighted by atomic mass is 32.1. The van der Waals surface area contributed by atoms with Gasteiger partial charge in [-0.15, -0.1) is 11.3 Å². The summed E-state index contributed by atoms with van der Waals surface area (Å²) in [6.45, 7) is 5.97. The molecular formula is C19H20N4OS. The predicted octanol–water partition coefficient (Wildman–Crippen LogP) is 4.39. The van der Waals surface area contributed by atoms with Gasteiger partial charge in [0.25, 0.3) is 0 Å². The summed E-state index contributed by atoms with van der Waals surface area (Å²) in [6.07, 6.45) is 0.242. The summed E-state index contributed by atoms with van der Waals surface area (Å²) in [7, 11) is 0. The lowest BCUT2D eigenvalue weighted by Gasteiger charge is -2.06. The summed E-state index contributed by atoms with van der Waals surface area (Å²) in [5.74, 6) is 0.677. The van der Waals surface area contributed by atoms with Crippen molar-refractivity contribution < 1.29 is 4.79 Å². The van der Waals surface area contributed by atoms with E-state index in [0.29, 0.717) is 0 Å². The number of nitrogens with zero attached hydrogens (tertiary/aromatic N) is 2. The van der Waals surface area contributed by atoms with Crippen molar-refractivity contribution in [1.29, 1.82) is 0 Å². The molecule has 3 aromatic rings. The summed E-state index contributed by atoms with van der Waals surface area (Å²) in [5, 5.41) is 8.72. The van der Waals surface area contributed by atoms with E-state index < -0.39 is 0 Å². The molecule has 0 unspecified atom stereocenters. The number of pyridine rings is 1. The standard InChI is InChI=1S/C19H20N4OS/c1-12-7-13(2)9-15(8-12)21-18(24)10-16-11-25-19(22-16)23-17-6-4-5-14(3)20-17/h4-9,11H,10H2,1-3H3,(H,21,24)(H,20,22,23). The van der Waals surface area contributed by atoms with Crippen LogP contribution < -0.4 is 10.6 Å². The topological polar surface area (TPSA) is 66.9 Å². The van der Waals surface area contributed by atoms with Gasteiger partial charge < -0.3 is 10.6 Å². The van der Waals surface area contributed by atoms with Crippen molar-refractivity contribution in [3.8, 4) is 0 Å². The van der Waals surface area contributed by atoms with Gasteiger partial charge in [-0.1, -0.05) is 12.1 Å². The number of rotatable bonds is 5. The van der Waals surface area contributed by atoms with Crippen LogP contribution in [-0.4, -0.2) is 15.9 Å². The van der Waals surface area contributed by atoms with Crippen molar-refractivity contribution in [2.24, 2.45) is 0 Å². The summed E-state index contributed by atoms with van der Waals surface area (Å²) in [4.78, 5) is 21.1. The lowest BCUT2D eigenvalue weighted by molar-refractivity contribution is -0.115. The number of carbonyl (C=O) groups is 1. The van der Waals surface area contributed by atoms with Gasteiger partial charge in [0, 0.05) is 16.8 Å². The van der Waals surface area contributed by atoms with E-state index in [1.165, 1.54) is 11.3 Å². The first kappa shape index (κ1) is 17.1. The maximum Gasteiger partial charge on any atom is 0.230 e. The number of benzene rings is 1. The van der Waals surface area contributed by atoms with Gasteiger partial charge in [0.15, 0.2) is 5.13 Å². The molecule has 1 amide bonds. The van der Waals surface area contributed by atoms with Crippen LogP contribution in [-0.2, 0) is 11.2 Å². The average Bonchev–Trinajstić information content (AvgIpc) is 2.92. The zero-order chi connectivity index (χ0) is 17.8. The van der Waals surface area contributed by atoms with E-state index in [0.717, 1.165) is 39.2 Å². The second-order valence-electron chi connectivity index (χ2n) is 6.03. The summed E-state index contributed by atoms with van der Waals surface area (Å²) < 4.78 is 0. The van der Waals surface area contributed by atoms with E-state index in [-0.39, 0.29) is 12.3 Å². The Hall–Kier alpha value is -2.73. The molecule has 25 heavy (non-hydrogen) atoms. The number of thiazole rings is 1. The summed E-state index contributed by atoms with van der Waals surface area (Å²) in [6, 6.07) is 11.8. The minimum Gasteiger partial charge on any atom is -0.326 e. The van der Waals surface area contributed by atoms with E-state index in [2.05, 4.69) is 26.7 Å². The number of anilines is 3. The van der Waals surface area contributed by atoms with Crippen LogP contribution in [0.1, 0.15) is 22.5 Å². The molecule has 128 valence electrons. The third-order valence-corrected chi connectivity index (χ3v) is 4.33. The molecular weight excluding hydrogens is 332 g/mol. The molecule has 5 nitrogen and oxygen atoms in total. The Morgan fingerprint density at radius 3 is 2.56 bits per heavy atom. The van der Waals surface area contributed by atoms with Crippen molar-refractivity contribution in [2.75, 3.05) is 10.6 Å². The lowest BCUT2D eigenvalue weighted by atomic mass is 10.1. The van der Waals surface area contributed by atoms with Gasteiger partial charge in [0.2, 0.25) is 5.91 Å². The van der Waals surface area contributed by atoms with Crippen LogP contribution in [0.5, 0.6) is 0 Å². The number of carbonyl (C=O) groups excluding carboxylic acids is 1. The molecule has 0 saturated heterocycles. The zero-order valence-corrected chi connectivity index (χ0v) is 15.3. The molecule has 3 rings (SSSR count). The number of hydrogen-bond donors (Lipinski definition) is 2. The van der Waals surface area contributed by atoms with Crippen LogP contribution in [0.4, 0.5) is 16.6 Å². The van der Waals surface area contributed by atoms with Crippen molar-refractivity contribution in [3.63, 3.8) is 0 Å². The largest absolute Gasteiger partial charge is 0.326 e. The van der Waals surface area contributed by atoms with Crippen molar-refractivity contribution in [3.05, 3.63) is 64.3 Å². The highest BCUT2D eigenvalue weighted by molar-refractivity contribution is 7.13. The second kappa shape index (κ2) is 7.44. The molecule has 0 radical (unpaired) electrons. The first-order valence-corrected chi connectivity index (χ1v) is 8.89. The highest BCUT2D eigenvalue weighted by Crippen LogP contribution is 2.20. The molecule has 0 aliphatic rings. The monoisotopic (exact) mass is 352 g/mol. The SMILES string of the molecule is Cc1cc(C)cc(NC(=O)Cc2csc(Nc3cccc(C)n3)n2)c1. The molecule has 6 heteroatoms. The van der Waals surface area contributed by atoms with Gasteiger partial charge in [0.1, 0.15) is 5.82 Å². The number of aromatic nitrogens is 2. The fraction of sp³-hybridized carbons (Fsp3) is 0.211. The van der Waals surface area contributed by atoms with Crippen LogP contribution in [0.15, 0.2) is 41.8 Å². The van der Waals surface area contributed by atoms with Crippen LogP contribution >= 0.6 is 11.3 Å². The number of aryl methyl sites for hydroxylation is 3.